The number of esters is 1. The minimum atomic E-state index is -0.177. The predicted octanol–water partition coefficient (Wildman–Crippen LogP) is -2.27. The zero-order valence-corrected chi connectivity index (χ0v) is 11.7. The van der Waals surface area contributed by atoms with Crippen LogP contribution in [0.3, 0.4) is 0 Å². The van der Waals surface area contributed by atoms with E-state index < -0.39 is 0 Å². The Morgan fingerprint density at radius 2 is 2.13 bits per heavy atom. The molecule has 0 aromatic heterocycles. The molecule has 0 amide bonds. The fraction of sp³-hybridized carbons (Fsp3) is 0.778. The van der Waals surface area contributed by atoms with Crippen molar-refractivity contribution in [3.63, 3.8) is 0 Å². The second-order valence-corrected chi connectivity index (χ2v) is 3.78. The molecule has 0 spiro atoms. The Morgan fingerprint density at radius 1 is 1.53 bits per heavy atom. The summed E-state index contributed by atoms with van der Waals surface area (Å²) < 4.78 is 5.42. The molecule has 0 aliphatic carbocycles. The third-order valence-corrected chi connectivity index (χ3v) is 1.87. The van der Waals surface area contributed by atoms with Gasteiger partial charge < -0.3 is 26.2 Å². The first-order chi connectivity index (χ1) is 6.52. The Kier molecular flexibility index (Phi) is 10.2. The molecule has 0 aromatic rings. The highest BCUT2D eigenvalue weighted by molar-refractivity contribution is 7.78. The van der Waals surface area contributed by atoms with E-state index in [1.54, 1.807) is 6.92 Å². The zero-order valence-electron chi connectivity index (χ0n) is 9.33. The van der Waals surface area contributed by atoms with Crippen LogP contribution < -0.4 is 17.0 Å². The summed E-state index contributed by atoms with van der Waals surface area (Å²) in [5.74, 6) is -0.177. The molecular weight excluding hydrogens is 280 g/mol. The molecule has 0 aliphatic heterocycles. The van der Waals surface area contributed by atoms with Crippen molar-refractivity contribution in [3.05, 3.63) is 0 Å². The fourth-order valence-electron chi connectivity index (χ4n) is 1.00. The lowest BCUT2D eigenvalue weighted by Gasteiger charge is -2.27. The number of rotatable bonds is 6. The number of hydrogen-bond acceptors (Lipinski definition) is 4. The number of quaternary nitrogens is 1. The van der Waals surface area contributed by atoms with Gasteiger partial charge in [0.15, 0.2) is 6.54 Å². The van der Waals surface area contributed by atoms with E-state index in [2.05, 4.69) is 22.4 Å². The van der Waals surface area contributed by atoms with Gasteiger partial charge >= 0.3 is 5.97 Å². The molecule has 0 rings (SSSR count). The lowest BCUT2D eigenvalue weighted by molar-refractivity contribution is -0.881. The van der Waals surface area contributed by atoms with Crippen molar-refractivity contribution in [2.24, 2.45) is 4.99 Å². The van der Waals surface area contributed by atoms with E-state index in [0.29, 0.717) is 24.2 Å². The number of nitrogens with zero attached hydrogens (tertiary/aromatic N) is 2. The van der Waals surface area contributed by atoms with Gasteiger partial charge in [-0.2, -0.15) is 0 Å². The first-order valence-electron chi connectivity index (χ1n) is 4.53. The van der Waals surface area contributed by atoms with Crippen LogP contribution in [-0.4, -0.2) is 56.0 Å². The van der Waals surface area contributed by atoms with Gasteiger partial charge in [0.2, 0.25) is 0 Å². The third-order valence-electron chi connectivity index (χ3n) is 1.74. The Balaban J connectivity index is 0. The molecule has 0 bridgehead atoms. The largest absolute Gasteiger partial charge is 1.00 e. The van der Waals surface area contributed by atoms with Crippen LogP contribution in [0.1, 0.15) is 6.92 Å². The van der Waals surface area contributed by atoms with Gasteiger partial charge in [-0.05, 0) is 19.1 Å². The SMILES string of the molecule is CCOC(=O)C[N+](C)(C)CCN=C=S.[Br-]. The lowest BCUT2D eigenvalue weighted by atomic mass is 10.4. The molecule has 0 N–H and O–H groups in total. The highest BCUT2D eigenvalue weighted by Gasteiger charge is 2.20. The summed E-state index contributed by atoms with van der Waals surface area (Å²) in [6.45, 7) is 3.93. The molecule has 0 radical (unpaired) electrons. The van der Waals surface area contributed by atoms with Gasteiger partial charge in [-0.1, -0.05) is 0 Å². The summed E-state index contributed by atoms with van der Waals surface area (Å²) in [6.07, 6.45) is 0. The highest BCUT2D eigenvalue weighted by Crippen LogP contribution is 1.97. The van der Waals surface area contributed by atoms with E-state index in [9.17, 15) is 4.79 Å². The van der Waals surface area contributed by atoms with Crippen LogP contribution in [0, 0.1) is 0 Å². The van der Waals surface area contributed by atoms with Crippen molar-refractivity contribution in [3.8, 4) is 0 Å². The molecule has 0 unspecified atom stereocenters. The normalized spacial score (nSPS) is 9.80. The second kappa shape index (κ2) is 8.97. The molecule has 15 heavy (non-hydrogen) atoms. The first-order valence-corrected chi connectivity index (χ1v) is 4.94. The summed E-state index contributed by atoms with van der Waals surface area (Å²) >= 11 is 4.45. The van der Waals surface area contributed by atoms with Gasteiger partial charge in [0.25, 0.3) is 0 Å². The number of likely N-dealkylation sites (N-methyl/N-ethyl adjacent to an activating group) is 1. The standard InChI is InChI=1S/C9H17N2O2S.BrH/c1-4-13-9(12)7-11(2,3)6-5-10-8-14;/h4-7H2,1-3H3;1H/q+1;/p-1. The van der Waals surface area contributed by atoms with Crippen molar-refractivity contribution in [1.82, 2.24) is 0 Å². The van der Waals surface area contributed by atoms with Crippen molar-refractivity contribution in [2.45, 2.75) is 6.92 Å². The number of hydrogen-bond donors (Lipinski definition) is 0. The highest BCUT2D eigenvalue weighted by atomic mass is 79.9. The average Bonchev–Trinajstić information content (AvgIpc) is 2.03. The number of ether oxygens (including phenoxy) is 1. The smallest absolute Gasteiger partial charge is 0.361 e. The average molecular weight is 297 g/mol. The molecule has 4 nitrogen and oxygen atoms in total. The van der Waals surface area contributed by atoms with Crippen LogP contribution in [0.2, 0.25) is 0 Å². The predicted molar refractivity (Wildman–Crippen MR) is 58.4 cm³/mol. The molecule has 0 aliphatic rings. The second-order valence-electron chi connectivity index (χ2n) is 3.60. The minimum absolute atomic E-state index is 0. The van der Waals surface area contributed by atoms with Gasteiger partial charge in [0, 0.05) is 0 Å². The summed E-state index contributed by atoms with van der Waals surface area (Å²) in [4.78, 5) is 15.0. The molecule has 0 saturated carbocycles. The number of isothiocyanates is 1. The number of carbonyl (C=O) groups excluding carboxylic acids is 1. The Morgan fingerprint density at radius 3 is 2.60 bits per heavy atom. The summed E-state index contributed by atoms with van der Waals surface area (Å²) in [5.41, 5.74) is 0. The molecule has 6 heteroatoms. The van der Waals surface area contributed by atoms with Gasteiger partial charge in [-0.15, -0.1) is 0 Å². The van der Waals surface area contributed by atoms with E-state index in [1.165, 1.54) is 0 Å². The maximum atomic E-state index is 11.2. The summed E-state index contributed by atoms with van der Waals surface area (Å²) in [5, 5.41) is 2.30. The van der Waals surface area contributed by atoms with E-state index in [1.807, 2.05) is 14.1 Å². The molecule has 0 fully saturated rings. The Bertz CT molecular complexity index is 240. The number of halogens is 1. The van der Waals surface area contributed by atoms with Crippen molar-refractivity contribution in [2.75, 3.05) is 40.3 Å². The quantitative estimate of drug-likeness (QED) is 0.240. The monoisotopic (exact) mass is 296 g/mol. The Hall–Kier alpha value is -0.290. The zero-order chi connectivity index (χ0) is 11.0. The van der Waals surface area contributed by atoms with E-state index >= 15 is 0 Å². The van der Waals surface area contributed by atoms with Crippen molar-refractivity contribution in [1.29, 1.82) is 0 Å². The maximum Gasteiger partial charge on any atom is 0.361 e. The minimum Gasteiger partial charge on any atom is -1.00 e. The maximum absolute atomic E-state index is 11.2. The molecule has 0 atom stereocenters. The van der Waals surface area contributed by atoms with Crippen molar-refractivity contribution < 1.29 is 31.0 Å². The number of aliphatic imine (C=N–C) groups is 1. The van der Waals surface area contributed by atoms with Crippen LogP contribution in [-0.2, 0) is 9.53 Å². The third kappa shape index (κ3) is 10.0. The lowest BCUT2D eigenvalue weighted by Crippen LogP contribution is -3.00. The van der Waals surface area contributed by atoms with Crippen LogP contribution in [0.5, 0.6) is 0 Å². The fourth-order valence-corrected chi connectivity index (χ4v) is 1.09. The Labute approximate surface area is 107 Å². The van der Waals surface area contributed by atoms with E-state index in [4.69, 9.17) is 4.74 Å². The number of carbonyl (C=O) groups is 1. The van der Waals surface area contributed by atoms with Gasteiger partial charge in [-0.25, -0.2) is 9.79 Å². The van der Waals surface area contributed by atoms with Crippen LogP contribution in [0.25, 0.3) is 0 Å². The van der Waals surface area contributed by atoms with Crippen LogP contribution >= 0.6 is 12.2 Å². The summed E-state index contributed by atoms with van der Waals surface area (Å²) in [7, 11) is 3.91. The molecule has 0 heterocycles. The number of thiocarbonyl (C=S) groups is 1. The molecule has 0 aromatic carbocycles. The van der Waals surface area contributed by atoms with Gasteiger partial charge in [0.1, 0.15) is 0 Å². The van der Waals surface area contributed by atoms with E-state index in [-0.39, 0.29) is 23.0 Å². The van der Waals surface area contributed by atoms with E-state index in [0.717, 1.165) is 6.54 Å². The summed E-state index contributed by atoms with van der Waals surface area (Å²) in [6, 6.07) is 0. The van der Waals surface area contributed by atoms with Crippen LogP contribution in [0.15, 0.2) is 4.99 Å². The molecular formula is C9H17BrN2O2S. The van der Waals surface area contributed by atoms with Crippen LogP contribution in [0.4, 0.5) is 0 Å². The topological polar surface area (TPSA) is 38.7 Å². The first kappa shape index (κ1) is 17.1. The van der Waals surface area contributed by atoms with Crippen molar-refractivity contribution >= 4 is 23.3 Å². The molecule has 88 valence electrons. The van der Waals surface area contributed by atoms with Gasteiger partial charge in [0.05, 0.1) is 39.0 Å². The van der Waals surface area contributed by atoms with Gasteiger partial charge in [-0.3, -0.25) is 0 Å². The molecule has 0 saturated heterocycles.